The SMILES string of the molecule is Cc1nc(CS(=O)(=O)c2ccc(OCCCCCCCCCCCCCCCC(=O)OC(C)(C)C)cc2)ncc1C(=O)NCCOCCOCC(=O)NCCOCCOCC(=O)O. The number of nitrogens with one attached hydrogen (secondary N) is 2. The van der Waals surface area contributed by atoms with Crippen LogP contribution in [0.5, 0.6) is 5.75 Å². The van der Waals surface area contributed by atoms with Gasteiger partial charge in [0.25, 0.3) is 5.91 Å². The molecule has 0 spiro atoms. The van der Waals surface area contributed by atoms with Crippen molar-refractivity contribution in [2.45, 2.75) is 134 Å². The van der Waals surface area contributed by atoms with Crippen LogP contribution in [0.1, 0.15) is 133 Å². The summed E-state index contributed by atoms with van der Waals surface area (Å²) in [6, 6.07) is 6.34. The molecule has 0 saturated heterocycles. The highest BCUT2D eigenvalue weighted by atomic mass is 32.2. The quantitative estimate of drug-likeness (QED) is 0.0527. The van der Waals surface area contributed by atoms with E-state index in [1.807, 2.05) is 20.8 Å². The highest BCUT2D eigenvalue weighted by Gasteiger charge is 2.20. The molecule has 0 unspecified atom stereocenters. The van der Waals surface area contributed by atoms with Crippen molar-refractivity contribution in [3.05, 3.63) is 47.5 Å². The van der Waals surface area contributed by atoms with E-state index in [4.69, 9.17) is 33.5 Å². The number of rotatable bonds is 37. The largest absolute Gasteiger partial charge is 0.494 e. The molecule has 0 aliphatic rings. The molecule has 3 N–H and O–H groups in total. The average Bonchev–Trinajstić information content (AvgIpc) is 3.21. The van der Waals surface area contributed by atoms with Crippen molar-refractivity contribution in [1.29, 1.82) is 0 Å². The normalized spacial score (nSPS) is 11.6. The summed E-state index contributed by atoms with van der Waals surface area (Å²) in [7, 11) is -3.75. The molecule has 0 aliphatic carbocycles. The lowest BCUT2D eigenvalue weighted by Gasteiger charge is -2.19. The second kappa shape index (κ2) is 32.4. The zero-order valence-electron chi connectivity index (χ0n) is 37.9. The minimum absolute atomic E-state index is 0.0787. The van der Waals surface area contributed by atoms with E-state index in [9.17, 15) is 27.6 Å². The van der Waals surface area contributed by atoms with Crippen molar-refractivity contribution in [2.75, 3.05) is 72.6 Å². The number of hydrogen-bond acceptors (Lipinski definition) is 14. The Hall–Kier alpha value is -4.23. The van der Waals surface area contributed by atoms with Crippen LogP contribution in [0.4, 0.5) is 0 Å². The second-order valence-corrected chi connectivity index (χ2v) is 18.1. The van der Waals surface area contributed by atoms with Gasteiger partial charge in [-0.05, 0) is 64.8 Å². The number of esters is 1. The Morgan fingerprint density at radius 1 is 0.667 bits per heavy atom. The Balaban J connectivity index is 1.50. The molecule has 0 radical (unpaired) electrons. The summed E-state index contributed by atoms with van der Waals surface area (Å²) in [6.07, 6.45) is 16.9. The number of benzene rings is 1. The predicted molar refractivity (Wildman–Crippen MR) is 236 cm³/mol. The topological polar surface area (TPSA) is 228 Å². The van der Waals surface area contributed by atoms with Gasteiger partial charge in [0, 0.05) is 25.7 Å². The third-order valence-corrected chi connectivity index (χ3v) is 10.9. The number of carboxylic acids is 1. The smallest absolute Gasteiger partial charge is 0.329 e. The first-order chi connectivity index (χ1) is 30.2. The number of aryl methyl sites for hydroxylation is 1. The Kier molecular flexibility index (Phi) is 28.3. The number of carbonyl (C=O) groups is 4. The summed E-state index contributed by atoms with van der Waals surface area (Å²) in [5.41, 5.74) is 0.153. The summed E-state index contributed by atoms with van der Waals surface area (Å²) in [5.74, 6) is -1.64. The molecule has 2 rings (SSSR count). The van der Waals surface area contributed by atoms with Gasteiger partial charge in [-0.15, -0.1) is 0 Å². The number of hydrogen-bond donors (Lipinski definition) is 3. The number of aliphatic carboxylic acids is 1. The highest BCUT2D eigenvalue weighted by Crippen LogP contribution is 2.20. The number of sulfone groups is 1. The van der Waals surface area contributed by atoms with Crippen LogP contribution in [0.15, 0.2) is 35.4 Å². The lowest BCUT2D eigenvalue weighted by molar-refractivity contribution is -0.155. The number of unbranched alkanes of at least 4 members (excludes halogenated alkanes) is 12. The molecular weight excluding hydrogens is 837 g/mol. The van der Waals surface area contributed by atoms with E-state index in [0.717, 1.165) is 25.7 Å². The molecule has 0 aliphatic heterocycles. The zero-order valence-corrected chi connectivity index (χ0v) is 38.7. The van der Waals surface area contributed by atoms with Crippen molar-refractivity contribution >= 4 is 33.6 Å². The van der Waals surface area contributed by atoms with Crippen LogP contribution >= 0.6 is 0 Å². The highest BCUT2D eigenvalue weighted by molar-refractivity contribution is 7.90. The van der Waals surface area contributed by atoms with Crippen LogP contribution in [-0.2, 0) is 53.7 Å². The van der Waals surface area contributed by atoms with E-state index in [2.05, 4.69) is 20.6 Å². The van der Waals surface area contributed by atoms with Crippen molar-refractivity contribution in [3.8, 4) is 5.75 Å². The maximum atomic E-state index is 13.1. The molecule has 2 amide bonds. The average molecular weight is 909 g/mol. The van der Waals surface area contributed by atoms with Gasteiger partial charge < -0.3 is 44.2 Å². The molecule has 1 heterocycles. The van der Waals surface area contributed by atoms with Crippen LogP contribution in [-0.4, -0.2) is 125 Å². The van der Waals surface area contributed by atoms with Crippen LogP contribution in [0.25, 0.3) is 0 Å². The first kappa shape index (κ1) is 54.9. The van der Waals surface area contributed by atoms with E-state index >= 15 is 0 Å². The fourth-order valence-corrected chi connectivity index (χ4v) is 7.31. The summed E-state index contributed by atoms with van der Waals surface area (Å²) >= 11 is 0. The van der Waals surface area contributed by atoms with Gasteiger partial charge in [-0.1, -0.05) is 70.6 Å². The van der Waals surface area contributed by atoms with Gasteiger partial charge in [0.1, 0.15) is 36.1 Å². The van der Waals surface area contributed by atoms with Crippen molar-refractivity contribution in [3.63, 3.8) is 0 Å². The van der Waals surface area contributed by atoms with Gasteiger partial charge >= 0.3 is 11.9 Å². The van der Waals surface area contributed by atoms with E-state index < -0.39 is 33.1 Å². The fourth-order valence-electron chi connectivity index (χ4n) is 6.11. The molecule has 0 atom stereocenters. The number of carbonyl (C=O) groups excluding carboxylic acids is 3. The Morgan fingerprint density at radius 2 is 1.19 bits per heavy atom. The molecule has 1 aromatic carbocycles. The number of carboxylic acid groups (broad SMARTS) is 1. The maximum Gasteiger partial charge on any atom is 0.329 e. The fraction of sp³-hybridized carbons (Fsp3) is 0.689. The van der Waals surface area contributed by atoms with E-state index in [0.29, 0.717) is 24.5 Å². The van der Waals surface area contributed by atoms with Gasteiger partial charge in [-0.2, -0.15) is 0 Å². The Morgan fingerprint density at radius 3 is 1.75 bits per heavy atom. The molecular formula is C45H72N4O13S. The third-order valence-electron chi connectivity index (χ3n) is 9.29. The summed E-state index contributed by atoms with van der Waals surface area (Å²) in [5, 5.41) is 13.8. The zero-order chi connectivity index (χ0) is 46.2. The lowest BCUT2D eigenvalue weighted by atomic mass is 10.0. The molecule has 18 heteroatoms. The predicted octanol–water partition coefficient (Wildman–Crippen LogP) is 5.94. The molecule has 2 aromatic rings. The maximum absolute atomic E-state index is 13.1. The summed E-state index contributed by atoms with van der Waals surface area (Å²) in [4.78, 5) is 55.1. The van der Waals surface area contributed by atoms with Crippen molar-refractivity contribution in [1.82, 2.24) is 20.6 Å². The summed E-state index contributed by atoms with van der Waals surface area (Å²) in [6.45, 7) is 8.96. The van der Waals surface area contributed by atoms with Crippen LogP contribution in [0, 0.1) is 6.92 Å². The van der Waals surface area contributed by atoms with Gasteiger partial charge in [0.05, 0.1) is 62.4 Å². The second-order valence-electron chi connectivity index (χ2n) is 16.1. The molecule has 356 valence electrons. The van der Waals surface area contributed by atoms with Crippen molar-refractivity contribution in [2.24, 2.45) is 0 Å². The molecule has 0 fully saturated rings. The minimum Gasteiger partial charge on any atom is -0.494 e. The molecule has 63 heavy (non-hydrogen) atoms. The van der Waals surface area contributed by atoms with E-state index in [1.165, 1.54) is 76.1 Å². The van der Waals surface area contributed by atoms with E-state index in [-0.39, 0.29) is 94.1 Å². The molecule has 1 aromatic heterocycles. The van der Waals surface area contributed by atoms with Gasteiger partial charge in [-0.3, -0.25) is 14.4 Å². The lowest BCUT2D eigenvalue weighted by Crippen LogP contribution is -2.31. The number of aromatic nitrogens is 2. The van der Waals surface area contributed by atoms with Gasteiger partial charge in [-0.25, -0.2) is 23.2 Å². The van der Waals surface area contributed by atoms with Crippen LogP contribution < -0.4 is 15.4 Å². The Bertz CT molecular complexity index is 1720. The van der Waals surface area contributed by atoms with Crippen LogP contribution in [0.3, 0.4) is 0 Å². The molecule has 17 nitrogen and oxygen atoms in total. The number of nitrogens with zero attached hydrogens (tertiary/aromatic N) is 2. The van der Waals surface area contributed by atoms with Gasteiger partial charge in [0.2, 0.25) is 5.91 Å². The third kappa shape index (κ3) is 28.2. The van der Waals surface area contributed by atoms with E-state index in [1.54, 1.807) is 19.1 Å². The first-order valence-corrected chi connectivity index (χ1v) is 23.9. The summed E-state index contributed by atoms with van der Waals surface area (Å²) < 4.78 is 58.2. The first-order valence-electron chi connectivity index (χ1n) is 22.2. The number of amides is 2. The number of ether oxygens (including phenoxy) is 6. The minimum atomic E-state index is -3.75. The molecule has 0 bridgehead atoms. The molecule has 0 saturated carbocycles. The monoisotopic (exact) mass is 908 g/mol. The van der Waals surface area contributed by atoms with Crippen molar-refractivity contribution < 1.29 is 61.1 Å². The van der Waals surface area contributed by atoms with Gasteiger partial charge in [0.15, 0.2) is 9.84 Å². The van der Waals surface area contributed by atoms with Crippen LogP contribution in [0.2, 0.25) is 0 Å². The standard InChI is InChI=1S/C45H72N4O13S/c1-36-39(44(54)47-24-27-58-28-30-59-33-41(50)46-23-26-57-29-31-60-34-42(51)52)32-48-40(49-36)35-63(55,56)38-21-19-37(20-22-38)61-25-17-15-13-11-9-7-5-6-8-10-12-14-16-18-43(53)62-45(2,3)4/h19-22,32H,5-18,23-31,33-35H2,1-4H3,(H,46,50)(H,47,54)(H,51,52). The Labute approximate surface area is 374 Å².